The number of rotatable bonds is 3. The average Bonchev–Trinajstić information content (AvgIpc) is 2.32. The molecular formula is C8H16NOSi+. The van der Waals surface area contributed by atoms with Crippen molar-refractivity contribution in [3.05, 3.63) is 18.9 Å². The molecule has 0 aromatic carbocycles. The smallest absolute Gasteiger partial charge is 0.334 e. The quantitative estimate of drug-likeness (QED) is 0.500. The van der Waals surface area contributed by atoms with Gasteiger partial charge in [0, 0.05) is 6.04 Å². The topological polar surface area (TPSA) is 17.0 Å². The van der Waals surface area contributed by atoms with Gasteiger partial charge in [-0.1, -0.05) is 19.6 Å². The third kappa shape index (κ3) is 3.37. The molecule has 0 saturated heterocycles. The van der Waals surface area contributed by atoms with E-state index in [1.54, 1.807) is 12.7 Å². The largest absolute Gasteiger partial charge is 0.412 e. The molecule has 2 nitrogen and oxygen atoms in total. The van der Waals surface area contributed by atoms with E-state index in [1.165, 1.54) is 6.04 Å². The van der Waals surface area contributed by atoms with E-state index in [1.807, 2.05) is 6.20 Å². The molecule has 0 atom stereocenters. The second kappa shape index (κ2) is 3.22. The van der Waals surface area contributed by atoms with Crippen molar-refractivity contribution in [2.45, 2.75) is 32.2 Å². The zero-order valence-electron chi connectivity index (χ0n) is 7.50. The minimum Gasteiger partial charge on any atom is -0.412 e. The maximum absolute atomic E-state index is 4.96. The van der Waals surface area contributed by atoms with Crippen LogP contribution in [-0.4, -0.2) is 8.07 Å². The molecule has 1 aromatic heterocycles. The van der Waals surface area contributed by atoms with Gasteiger partial charge in [0.25, 0.3) is 0 Å². The summed E-state index contributed by atoms with van der Waals surface area (Å²) in [6.07, 6.45) is 5.45. The van der Waals surface area contributed by atoms with E-state index >= 15 is 0 Å². The fourth-order valence-corrected chi connectivity index (χ4v) is 1.78. The Morgan fingerprint density at radius 3 is 2.55 bits per heavy atom. The van der Waals surface area contributed by atoms with Gasteiger partial charge in [-0.25, -0.2) is 0 Å². The van der Waals surface area contributed by atoms with Crippen molar-refractivity contribution in [3.8, 4) is 0 Å². The minimum absolute atomic E-state index is 0.876. The Kier molecular flexibility index (Phi) is 2.49. The molecule has 0 spiro atoms. The van der Waals surface area contributed by atoms with Gasteiger partial charge in [-0.3, -0.25) is 0 Å². The van der Waals surface area contributed by atoms with Gasteiger partial charge in [0.15, 0.2) is 6.26 Å². The normalized spacial score (nSPS) is 11.9. The van der Waals surface area contributed by atoms with E-state index in [2.05, 4.69) is 24.2 Å². The molecule has 62 valence electrons. The number of oxazole rings is 1. The fourth-order valence-electron chi connectivity index (χ4n) is 0.853. The fraction of sp³-hybridized carbons (Fsp3) is 0.625. The summed E-state index contributed by atoms with van der Waals surface area (Å²) in [6.45, 7) is 8.25. The molecule has 0 saturated carbocycles. The standard InChI is InChI=1S/C8H16NOSi/c1-11(2,3)7-5-9-4-6-10-8-9/h4,6,8H,5,7H2,1-3H3/q+1. The zero-order chi connectivity index (χ0) is 8.32. The monoisotopic (exact) mass is 170 g/mol. The molecule has 0 amide bonds. The molecule has 0 bridgehead atoms. The number of hydrogen-bond donors (Lipinski definition) is 0. The molecular weight excluding hydrogens is 154 g/mol. The number of aromatic nitrogens is 1. The first-order valence-corrected chi connectivity index (χ1v) is 7.70. The molecule has 1 aromatic rings. The van der Waals surface area contributed by atoms with E-state index in [0.29, 0.717) is 0 Å². The highest BCUT2D eigenvalue weighted by Gasteiger charge is 2.15. The Balaban J connectivity index is 2.35. The molecule has 1 rings (SSSR count). The Labute approximate surface area is 68.9 Å². The molecule has 0 aliphatic heterocycles. The van der Waals surface area contributed by atoms with Crippen molar-refractivity contribution in [3.63, 3.8) is 0 Å². The van der Waals surface area contributed by atoms with E-state index < -0.39 is 8.07 Å². The highest BCUT2D eigenvalue weighted by Crippen LogP contribution is 2.06. The van der Waals surface area contributed by atoms with E-state index in [-0.39, 0.29) is 0 Å². The lowest BCUT2D eigenvalue weighted by Gasteiger charge is -2.11. The maximum atomic E-state index is 4.96. The molecule has 1 heterocycles. The van der Waals surface area contributed by atoms with Gasteiger partial charge in [0.2, 0.25) is 6.20 Å². The number of aryl methyl sites for hydroxylation is 1. The number of hydrogen-bond acceptors (Lipinski definition) is 1. The molecule has 11 heavy (non-hydrogen) atoms. The molecule has 0 N–H and O–H groups in total. The van der Waals surface area contributed by atoms with E-state index in [4.69, 9.17) is 4.42 Å². The summed E-state index contributed by atoms with van der Waals surface area (Å²) >= 11 is 0. The van der Waals surface area contributed by atoms with Gasteiger partial charge in [-0.2, -0.15) is 4.57 Å². The van der Waals surface area contributed by atoms with Crippen LogP contribution in [0.4, 0.5) is 0 Å². The van der Waals surface area contributed by atoms with Crippen LogP contribution >= 0.6 is 0 Å². The Morgan fingerprint density at radius 1 is 1.36 bits per heavy atom. The van der Waals surface area contributed by atoms with Crippen LogP contribution in [0.15, 0.2) is 23.3 Å². The highest BCUT2D eigenvalue weighted by atomic mass is 28.3. The molecule has 0 aliphatic carbocycles. The summed E-state index contributed by atoms with van der Waals surface area (Å²) in [5.41, 5.74) is 0. The second-order valence-electron chi connectivity index (χ2n) is 4.08. The Hall–Kier alpha value is -0.573. The zero-order valence-corrected chi connectivity index (χ0v) is 8.50. The summed E-state index contributed by atoms with van der Waals surface area (Å²) in [5, 5.41) is 0. The molecule has 0 aliphatic rings. The Morgan fingerprint density at radius 2 is 2.09 bits per heavy atom. The first-order valence-electron chi connectivity index (χ1n) is 3.99. The Bertz CT molecular complexity index is 200. The van der Waals surface area contributed by atoms with Gasteiger partial charge in [-0.05, 0) is 0 Å². The first kappa shape index (κ1) is 8.52. The van der Waals surface area contributed by atoms with Gasteiger partial charge in [0.05, 0.1) is 8.07 Å². The van der Waals surface area contributed by atoms with Crippen LogP contribution in [0.5, 0.6) is 0 Å². The van der Waals surface area contributed by atoms with E-state index in [0.717, 1.165) is 6.54 Å². The lowest BCUT2D eigenvalue weighted by Crippen LogP contribution is -2.35. The van der Waals surface area contributed by atoms with Gasteiger partial charge in [0.1, 0.15) is 6.54 Å². The van der Waals surface area contributed by atoms with Crippen molar-refractivity contribution in [1.82, 2.24) is 0 Å². The minimum atomic E-state index is -0.876. The summed E-state index contributed by atoms with van der Waals surface area (Å²) in [4.78, 5) is 0. The maximum Gasteiger partial charge on any atom is 0.334 e. The summed E-state index contributed by atoms with van der Waals surface area (Å²) in [6, 6.07) is 1.32. The van der Waals surface area contributed by atoms with Crippen molar-refractivity contribution in [1.29, 1.82) is 0 Å². The summed E-state index contributed by atoms with van der Waals surface area (Å²) < 4.78 is 7.05. The van der Waals surface area contributed by atoms with Crippen molar-refractivity contribution < 1.29 is 8.98 Å². The molecule has 0 unspecified atom stereocenters. The highest BCUT2D eigenvalue weighted by molar-refractivity contribution is 6.76. The average molecular weight is 170 g/mol. The first-order chi connectivity index (χ1) is 5.08. The molecule has 0 radical (unpaired) electrons. The lowest BCUT2D eigenvalue weighted by atomic mass is 10.7. The number of nitrogens with zero attached hydrogens (tertiary/aromatic N) is 1. The van der Waals surface area contributed by atoms with Crippen LogP contribution in [0.1, 0.15) is 0 Å². The van der Waals surface area contributed by atoms with Crippen LogP contribution in [-0.2, 0) is 6.54 Å². The van der Waals surface area contributed by atoms with Crippen LogP contribution in [0.25, 0.3) is 0 Å². The van der Waals surface area contributed by atoms with Crippen molar-refractivity contribution >= 4 is 8.07 Å². The molecule has 3 heteroatoms. The lowest BCUT2D eigenvalue weighted by molar-refractivity contribution is -0.696. The SMILES string of the molecule is C[Si](C)(C)CC[n+]1ccoc1. The summed E-state index contributed by atoms with van der Waals surface area (Å²) in [5.74, 6) is 0. The molecule has 0 fully saturated rings. The van der Waals surface area contributed by atoms with Crippen LogP contribution in [0, 0.1) is 0 Å². The third-order valence-corrected chi connectivity index (χ3v) is 3.37. The van der Waals surface area contributed by atoms with Crippen LogP contribution < -0.4 is 4.57 Å². The van der Waals surface area contributed by atoms with Crippen LogP contribution in [0.3, 0.4) is 0 Å². The predicted octanol–water partition coefficient (Wildman–Crippen LogP) is 1.91. The van der Waals surface area contributed by atoms with Gasteiger partial charge in [-0.15, -0.1) is 0 Å². The second-order valence-corrected chi connectivity index (χ2v) is 9.70. The van der Waals surface area contributed by atoms with Gasteiger partial charge >= 0.3 is 6.39 Å². The van der Waals surface area contributed by atoms with Crippen molar-refractivity contribution in [2.75, 3.05) is 0 Å². The summed E-state index contributed by atoms with van der Waals surface area (Å²) in [7, 11) is -0.876. The van der Waals surface area contributed by atoms with Crippen molar-refractivity contribution in [2.24, 2.45) is 0 Å². The third-order valence-electron chi connectivity index (χ3n) is 1.65. The predicted molar refractivity (Wildman–Crippen MR) is 47.1 cm³/mol. The van der Waals surface area contributed by atoms with Gasteiger partial charge < -0.3 is 4.42 Å². The van der Waals surface area contributed by atoms with Crippen LogP contribution in [0.2, 0.25) is 25.7 Å². The van der Waals surface area contributed by atoms with E-state index in [9.17, 15) is 0 Å².